The molecule has 1 aromatic rings. The first-order chi connectivity index (χ1) is 6.77. The number of amides is 2. The Morgan fingerprint density at radius 3 is 2.71 bits per heavy atom. The largest absolute Gasteiger partial charge is 0.285 e. The third-order valence-electron chi connectivity index (χ3n) is 1.95. The van der Waals surface area contributed by atoms with E-state index in [9.17, 15) is 9.59 Å². The number of H-pyrrole nitrogens is 1. The van der Waals surface area contributed by atoms with E-state index in [1.165, 1.54) is 16.7 Å². The number of nitrogens with one attached hydrogen (secondary N) is 1. The lowest BCUT2D eigenvalue weighted by Gasteiger charge is -2.23. The van der Waals surface area contributed by atoms with Gasteiger partial charge in [-0.2, -0.15) is 5.10 Å². The summed E-state index contributed by atoms with van der Waals surface area (Å²) in [6.07, 6.45) is 3.30. The van der Waals surface area contributed by atoms with Crippen LogP contribution in [0.4, 0.5) is 0 Å². The van der Waals surface area contributed by atoms with Crippen molar-refractivity contribution < 1.29 is 9.59 Å². The Labute approximate surface area is 84.9 Å². The van der Waals surface area contributed by atoms with Crippen LogP contribution in [0.15, 0.2) is 12.4 Å². The van der Waals surface area contributed by atoms with Crippen LogP contribution in [0.1, 0.15) is 5.56 Å². The number of rotatable bonds is 2. The van der Waals surface area contributed by atoms with Crippen molar-refractivity contribution in [2.24, 2.45) is 0 Å². The van der Waals surface area contributed by atoms with Crippen LogP contribution >= 0.6 is 11.8 Å². The molecule has 0 aliphatic carbocycles. The molecule has 14 heavy (non-hydrogen) atoms. The van der Waals surface area contributed by atoms with E-state index in [-0.39, 0.29) is 11.8 Å². The number of carbonyl (C=O) groups excluding carboxylic acids is 2. The van der Waals surface area contributed by atoms with E-state index in [0.29, 0.717) is 18.1 Å². The van der Waals surface area contributed by atoms with Crippen LogP contribution in [0.3, 0.4) is 0 Å². The van der Waals surface area contributed by atoms with E-state index in [0.717, 1.165) is 5.56 Å². The van der Waals surface area contributed by atoms with Crippen molar-refractivity contribution in [1.82, 2.24) is 15.1 Å². The maximum absolute atomic E-state index is 11.4. The fourth-order valence-electron chi connectivity index (χ4n) is 1.24. The average Bonchev–Trinajstić information content (AvgIpc) is 2.64. The van der Waals surface area contributed by atoms with Gasteiger partial charge in [0.15, 0.2) is 0 Å². The van der Waals surface area contributed by atoms with E-state index in [4.69, 9.17) is 0 Å². The number of carbonyl (C=O) groups is 2. The highest BCUT2D eigenvalue weighted by molar-refractivity contribution is 8.00. The molecule has 1 aliphatic heterocycles. The van der Waals surface area contributed by atoms with Gasteiger partial charge in [-0.05, 0) is 0 Å². The Kier molecular flexibility index (Phi) is 2.53. The highest BCUT2D eigenvalue weighted by atomic mass is 32.2. The summed E-state index contributed by atoms with van der Waals surface area (Å²) < 4.78 is 0. The normalized spacial score (nSPS) is 17.6. The van der Waals surface area contributed by atoms with Gasteiger partial charge in [0.1, 0.15) is 0 Å². The number of imide groups is 1. The third-order valence-corrected chi connectivity index (χ3v) is 2.85. The van der Waals surface area contributed by atoms with Gasteiger partial charge in [0.25, 0.3) is 0 Å². The van der Waals surface area contributed by atoms with Crippen LogP contribution in [-0.4, -0.2) is 38.4 Å². The van der Waals surface area contributed by atoms with Crippen LogP contribution in [0, 0.1) is 0 Å². The van der Waals surface area contributed by atoms with Crippen molar-refractivity contribution in [3.05, 3.63) is 18.0 Å². The van der Waals surface area contributed by atoms with Crippen molar-refractivity contribution >= 4 is 23.6 Å². The van der Waals surface area contributed by atoms with Gasteiger partial charge in [0.05, 0.1) is 24.2 Å². The lowest BCUT2D eigenvalue weighted by molar-refractivity contribution is -0.142. The number of nitrogens with zero attached hydrogens (tertiary/aromatic N) is 2. The van der Waals surface area contributed by atoms with E-state index < -0.39 is 0 Å². The van der Waals surface area contributed by atoms with Crippen LogP contribution in [0.5, 0.6) is 0 Å². The quantitative estimate of drug-likeness (QED) is 0.700. The predicted molar refractivity (Wildman–Crippen MR) is 51.5 cm³/mol. The molecule has 0 radical (unpaired) electrons. The second kappa shape index (κ2) is 3.83. The molecule has 5 nitrogen and oxygen atoms in total. The van der Waals surface area contributed by atoms with Gasteiger partial charge in [-0.15, -0.1) is 11.8 Å². The zero-order chi connectivity index (χ0) is 9.97. The lowest BCUT2D eigenvalue weighted by Crippen LogP contribution is -2.42. The summed E-state index contributed by atoms with van der Waals surface area (Å²) in [5, 5.41) is 6.40. The van der Waals surface area contributed by atoms with E-state index in [1.807, 2.05) is 0 Å². The molecule has 0 saturated carbocycles. The fourth-order valence-corrected chi connectivity index (χ4v) is 2.01. The van der Waals surface area contributed by atoms with E-state index in [2.05, 4.69) is 10.2 Å². The number of aromatic amines is 1. The highest BCUT2D eigenvalue weighted by Crippen LogP contribution is 2.14. The Balaban J connectivity index is 2.08. The summed E-state index contributed by atoms with van der Waals surface area (Å²) in [5.74, 6) is 0.549. The summed E-state index contributed by atoms with van der Waals surface area (Å²) in [6, 6.07) is 0. The topological polar surface area (TPSA) is 66.1 Å². The highest BCUT2D eigenvalue weighted by Gasteiger charge is 2.26. The van der Waals surface area contributed by atoms with Gasteiger partial charge >= 0.3 is 0 Å². The number of hydrogen-bond acceptors (Lipinski definition) is 4. The van der Waals surface area contributed by atoms with Gasteiger partial charge < -0.3 is 0 Å². The van der Waals surface area contributed by atoms with Crippen molar-refractivity contribution in [2.75, 3.05) is 11.5 Å². The standard InChI is InChI=1S/C8H9N3O2S/c12-7-4-14-5-8(13)11(7)3-6-1-9-10-2-6/h1-2H,3-5H2,(H,9,10). The van der Waals surface area contributed by atoms with Crippen LogP contribution < -0.4 is 0 Å². The zero-order valence-corrected chi connectivity index (χ0v) is 8.21. The summed E-state index contributed by atoms with van der Waals surface area (Å²) in [4.78, 5) is 24.0. The molecule has 1 aliphatic rings. The molecule has 2 heterocycles. The number of thioether (sulfide) groups is 1. The summed E-state index contributed by atoms with van der Waals surface area (Å²) >= 11 is 1.36. The minimum Gasteiger partial charge on any atom is -0.285 e. The van der Waals surface area contributed by atoms with Gasteiger partial charge in [0, 0.05) is 11.8 Å². The fraction of sp³-hybridized carbons (Fsp3) is 0.375. The molecule has 1 fully saturated rings. The average molecular weight is 211 g/mol. The summed E-state index contributed by atoms with van der Waals surface area (Å²) in [7, 11) is 0. The molecule has 0 unspecified atom stereocenters. The number of hydrogen-bond donors (Lipinski definition) is 1. The molecule has 1 N–H and O–H groups in total. The molecule has 2 amide bonds. The Bertz CT molecular complexity index is 333. The maximum atomic E-state index is 11.4. The van der Waals surface area contributed by atoms with Gasteiger partial charge in [-0.3, -0.25) is 19.6 Å². The molecular formula is C8H9N3O2S. The molecule has 0 bridgehead atoms. The van der Waals surface area contributed by atoms with Crippen molar-refractivity contribution in [3.63, 3.8) is 0 Å². The molecule has 1 aromatic heterocycles. The molecule has 6 heteroatoms. The minimum atomic E-state index is -0.118. The molecule has 0 aromatic carbocycles. The second-order valence-corrected chi connectivity index (χ2v) is 3.96. The molecule has 0 atom stereocenters. The zero-order valence-electron chi connectivity index (χ0n) is 7.40. The summed E-state index contributed by atoms with van der Waals surface area (Å²) in [5.41, 5.74) is 0.846. The predicted octanol–water partition coefficient (Wildman–Crippen LogP) is 0.0117. The van der Waals surface area contributed by atoms with Crippen molar-refractivity contribution in [1.29, 1.82) is 0 Å². The Morgan fingerprint density at radius 2 is 2.14 bits per heavy atom. The monoisotopic (exact) mass is 211 g/mol. The van der Waals surface area contributed by atoms with Crippen LogP contribution in [0.25, 0.3) is 0 Å². The maximum Gasteiger partial charge on any atom is 0.239 e. The van der Waals surface area contributed by atoms with Crippen molar-refractivity contribution in [2.45, 2.75) is 6.54 Å². The molecule has 1 saturated heterocycles. The molecule has 2 rings (SSSR count). The van der Waals surface area contributed by atoms with Crippen LogP contribution in [-0.2, 0) is 16.1 Å². The van der Waals surface area contributed by atoms with Crippen LogP contribution in [0.2, 0.25) is 0 Å². The van der Waals surface area contributed by atoms with Gasteiger partial charge in [0.2, 0.25) is 11.8 Å². The molecule has 0 spiro atoms. The van der Waals surface area contributed by atoms with Crippen molar-refractivity contribution in [3.8, 4) is 0 Å². The SMILES string of the molecule is O=C1CSCC(=O)N1Cc1cn[nH]c1. The third kappa shape index (κ3) is 1.79. The minimum absolute atomic E-state index is 0.118. The first kappa shape index (κ1) is 9.26. The van der Waals surface area contributed by atoms with Gasteiger partial charge in [-0.25, -0.2) is 0 Å². The van der Waals surface area contributed by atoms with E-state index >= 15 is 0 Å². The molecule has 74 valence electrons. The molecular weight excluding hydrogens is 202 g/mol. The lowest BCUT2D eigenvalue weighted by atomic mass is 10.3. The Morgan fingerprint density at radius 1 is 1.43 bits per heavy atom. The first-order valence-electron chi connectivity index (χ1n) is 4.16. The second-order valence-electron chi connectivity index (χ2n) is 2.97. The van der Waals surface area contributed by atoms with E-state index in [1.54, 1.807) is 12.4 Å². The number of aromatic nitrogens is 2. The Hall–Kier alpha value is -1.30. The smallest absolute Gasteiger partial charge is 0.239 e. The first-order valence-corrected chi connectivity index (χ1v) is 5.31. The summed E-state index contributed by atoms with van der Waals surface area (Å²) in [6.45, 7) is 0.328. The van der Waals surface area contributed by atoms with Gasteiger partial charge in [-0.1, -0.05) is 0 Å².